The maximum absolute atomic E-state index is 11.4. The average Bonchev–Trinajstić information content (AvgIpc) is 2.75. The van der Waals surface area contributed by atoms with Crippen LogP contribution in [-0.2, 0) is 20.0 Å². The molecule has 0 aromatic heterocycles. The van der Waals surface area contributed by atoms with Gasteiger partial charge in [-0.25, -0.2) is 16.8 Å². The standard InChI is InChI=1S/C22H48N.C2F6NO4S2/c1-5-7-9-11-13-15-17-19-21-23(3,4)22-20-18-16-14-12-10-8-6-2;3-1(4,5)14(10,11)9-15(12,13)2(6,7)8/h5-22H2,1-4H3;/q+1;-1. The van der Waals surface area contributed by atoms with Gasteiger partial charge in [0.25, 0.3) is 0 Å². The topological polar surface area (TPSA) is 82.4 Å². The summed E-state index contributed by atoms with van der Waals surface area (Å²) < 4.78 is 110. The van der Waals surface area contributed by atoms with Crippen LogP contribution in [-0.4, -0.2) is 59.5 Å². The molecule has 0 radical (unpaired) electrons. The van der Waals surface area contributed by atoms with Gasteiger partial charge in [0.2, 0.25) is 0 Å². The van der Waals surface area contributed by atoms with Gasteiger partial charge in [-0.15, -0.1) is 0 Å². The predicted octanol–water partition coefficient (Wildman–Crippen LogP) is 8.40. The lowest BCUT2D eigenvalue weighted by atomic mass is 10.1. The van der Waals surface area contributed by atoms with Gasteiger partial charge in [-0.3, -0.25) is 0 Å². The van der Waals surface area contributed by atoms with Crippen LogP contribution in [0.15, 0.2) is 0 Å². The molecule has 0 aliphatic heterocycles. The fraction of sp³-hybridized carbons (Fsp3) is 1.00. The molecule has 0 unspecified atom stereocenters. The van der Waals surface area contributed by atoms with Gasteiger partial charge in [0.15, 0.2) is 20.0 Å². The third-order valence-electron chi connectivity index (χ3n) is 6.02. The van der Waals surface area contributed by atoms with Crippen molar-refractivity contribution in [2.75, 3.05) is 27.2 Å². The molecule has 0 saturated heterocycles. The van der Waals surface area contributed by atoms with E-state index < -0.39 is 31.1 Å². The van der Waals surface area contributed by atoms with Crippen LogP contribution < -0.4 is 0 Å². The van der Waals surface area contributed by atoms with Crippen molar-refractivity contribution in [2.45, 2.75) is 128 Å². The molecule has 0 N–H and O–H groups in total. The summed E-state index contributed by atoms with van der Waals surface area (Å²) in [4.78, 5) is 0. The Bertz CT molecular complexity index is 736. The second kappa shape index (κ2) is 19.5. The second-order valence-corrected chi connectivity index (χ2v) is 13.7. The van der Waals surface area contributed by atoms with Crippen molar-refractivity contribution in [3.8, 4) is 0 Å². The molecule has 38 heavy (non-hydrogen) atoms. The predicted molar refractivity (Wildman–Crippen MR) is 140 cm³/mol. The van der Waals surface area contributed by atoms with Crippen molar-refractivity contribution < 1.29 is 47.7 Å². The number of quaternary nitrogens is 1. The molecule has 0 amide bonds. The first-order chi connectivity index (χ1) is 17.3. The van der Waals surface area contributed by atoms with Crippen LogP contribution in [0.4, 0.5) is 26.3 Å². The van der Waals surface area contributed by atoms with Crippen molar-refractivity contribution in [3.63, 3.8) is 0 Å². The monoisotopic (exact) mass is 606 g/mol. The zero-order valence-electron chi connectivity index (χ0n) is 23.3. The smallest absolute Gasteiger partial charge is 0.421 e. The van der Waals surface area contributed by atoms with E-state index in [0.29, 0.717) is 0 Å². The molecule has 232 valence electrons. The maximum Gasteiger partial charge on any atom is 0.480 e. The number of sulfonamides is 2. The summed E-state index contributed by atoms with van der Waals surface area (Å²) in [5, 5.41) is 0. The van der Waals surface area contributed by atoms with Gasteiger partial charge in [-0.2, -0.15) is 26.3 Å². The summed E-state index contributed by atoms with van der Waals surface area (Å²) in [5.41, 5.74) is -12.4. The lowest BCUT2D eigenvalue weighted by Gasteiger charge is -2.30. The van der Waals surface area contributed by atoms with E-state index in [2.05, 4.69) is 27.9 Å². The molecule has 0 aliphatic carbocycles. The van der Waals surface area contributed by atoms with E-state index in [1.165, 1.54) is 120 Å². The van der Waals surface area contributed by atoms with Gasteiger partial charge < -0.3 is 8.61 Å². The molecule has 0 aliphatic rings. The number of hydrogen-bond donors (Lipinski definition) is 0. The lowest BCUT2D eigenvalue weighted by Crippen LogP contribution is -2.41. The van der Waals surface area contributed by atoms with Gasteiger partial charge in [-0.1, -0.05) is 90.9 Å². The van der Waals surface area contributed by atoms with Crippen molar-refractivity contribution in [1.82, 2.24) is 0 Å². The van der Waals surface area contributed by atoms with E-state index in [0.717, 1.165) is 4.13 Å². The zero-order valence-corrected chi connectivity index (χ0v) is 25.0. The van der Waals surface area contributed by atoms with Crippen LogP contribution in [0.5, 0.6) is 0 Å². The SMILES string of the molecule is CCCCCCCCCC[N+](C)(C)CCCCCCCCCC.O=S(=O)([N-]S(=O)(=O)C(F)(F)F)C(F)(F)F. The van der Waals surface area contributed by atoms with Gasteiger partial charge >= 0.3 is 11.0 Å². The number of rotatable bonds is 20. The fourth-order valence-electron chi connectivity index (χ4n) is 3.67. The van der Waals surface area contributed by atoms with E-state index in [4.69, 9.17) is 0 Å². The molecule has 0 aromatic rings. The second-order valence-electron chi connectivity index (χ2n) is 10.2. The highest BCUT2D eigenvalue weighted by atomic mass is 32.3. The Morgan fingerprint density at radius 3 is 0.974 bits per heavy atom. The zero-order chi connectivity index (χ0) is 29.9. The highest BCUT2D eigenvalue weighted by Crippen LogP contribution is 2.36. The van der Waals surface area contributed by atoms with Crippen molar-refractivity contribution in [2.24, 2.45) is 0 Å². The van der Waals surface area contributed by atoms with Crippen LogP contribution in [0.1, 0.15) is 117 Å². The first kappa shape index (κ1) is 39.5. The minimum Gasteiger partial charge on any atom is -0.421 e. The molecule has 6 nitrogen and oxygen atoms in total. The van der Waals surface area contributed by atoms with Crippen LogP contribution in [0.25, 0.3) is 4.13 Å². The van der Waals surface area contributed by atoms with Gasteiger partial charge in [0, 0.05) is 0 Å². The summed E-state index contributed by atoms with van der Waals surface area (Å²) in [7, 11) is -8.58. The van der Waals surface area contributed by atoms with Crippen LogP contribution in [0.2, 0.25) is 0 Å². The highest BCUT2D eigenvalue weighted by molar-refractivity contribution is 8.13. The summed E-state index contributed by atoms with van der Waals surface area (Å²) in [6.07, 6.45) is 23.0. The van der Waals surface area contributed by atoms with Crippen LogP contribution >= 0.6 is 0 Å². The minimum absolute atomic E-state index is 0.778. The van der Waals surface area contributed by atoms with Gasteiger partial charge in [0.1, 0.15) is 0 Å². The van der Waals surface area contributed by atoms with E-state index in [1.54, 1.807) is 0 Å². The normalized spacial score (nSPS) is 13.3. The molecule has 0 heterocycles. The molecule has 0 spiro atoms. The quantitative estimate of drug-likeness (QED) is 0.0792. The van der Waals surface area contributed by atoms with Crippen molar-refractivity contribution >= 4 is 20.0 Å². The molecule has 0 atom stereocenters. The Kier molecular flexibility index (Phi) is 20.3. The molecule has 0 saturated carbocycles. The Labute approximate surface area is 226 Å². The number of nitrogens with zero attached hydrogens (tertiary/aromatic N) is 2. The summed E-state index contributed by atoms with van der Waals surface area (Å²) in [6.45, 7) is 7.36. The molecule has 0 rings (SSSR count). The van der Waals surface area contributed by atoms with E-state index in [9.17, 15) is 43.2 Å². The number of alkyl halides is 6. The summed E-state index contributed by atoms with van der Waals surface area (Å²) in [6, 6.07) is 0. The highest BCUT2D eigenvalue weighted by Gasteiger charge is 2.46. The average molecular weight is 607 g/mol. The maximum atomic E-state index is 11.4. The number of halogens is 6. The van der Waals surface area contributed by atoms with Crippen molar-refractivity contribution in [3.05, 3.63) is 4.13 Å². The molecule has 0 aromatic carbocycles. The minimum atomic E-state index is -6.72. The van der Waals surface area contributed by atoms with Crippen LogP contribution in [0.3, 0.4) is 0 Å². The Balaban J connectivity index is 0. The first-order valence-corrected chi connectivity index (χ1v) is 16.4. The Hall–Kier alpha value is -0.600. The molecule has 0 bridgehead atoms. The third kappa shape index (κ3) is 20.3. The van der Waals surface area contributed by atoms with Crippen molar-refractivity contribution in [1.29, 1.82) is 0 Å². The van der Waals surface area contributed by atoms with E-state index >= 15 is 0 Å². The van der Waals surface area contributed by atoms with E-state index in [-0.39, 0.29) is 0 Å². The summed E-state index contributed by atoms with van der Waals surface area (Å²) >= 11 is 0. The lowest BCUT2D eigenvalue weighted by molar-refractivity contribution is -0.890. The van der Waals surface area contributed by atoms with Crippen LogP contribution in [0, 0.1) is 0 Å². The van der Waals surface area contributed by atoms with Gasteiger partial charge in [-0.05, 0) is 25.7 Å². The molecule has 14 heteroatoms. The Morgan fingerprint density at radius 1 is 0.500 bits per heavy atom. The summed E-state index contributed by atoms with van der Waals surface area (Å²) in [5.74, 6) is 0. The molecule has 0 fully saturated rings. The largest absolute Gasteiger partial charge is 0.480 e. The Morgan fingerprint density at radius 2 is 0.737 bits per heavy atom. The number of hydrogen-bond acceptors (Lipinski definition) is 4. The van der Waals surface area contributed by atoms with Gasteiger partial charge in [0.05, 0.1) is 27.2 Å². The first-order valence-electron chi connectivity index (χ1n) is 13.5. The molecular formula is C24H48F6N2O4S2. The third-order valence-corrected chi connectivity index (χ3v) is 8.76. The van der Waals surface area contributed by atoms with E-state index in [1.807, 2.05) is 0 Å². The fourth-order valence-corrected chi connectivity index (χ4v) is 5.38. The number of unbranched alkanes of at least 4 members (excludes halogenated alkanes) is 14. The molecular weight excluding hydrogens is 558 g/mol.